The highest BCUT2D eigenvalue weighted by atomic mass is 19.1. The molecule has 19 heavy (non-hydrogen) atoms. The van der Waals surface area contributed by atoms with Crippen molar-refractivity contribution in [2.24, 2.45) is 0 Å². The molecule has 1 heterocycles. The number of nitrogens with zero attached hydrogens (tertiary/aromatic N) is 1. The van der Waals surface area contributed by atoms with Crippen molar-refractivity contribution in [2.75, 3.05) is 7.11 Å². The van der Waals surface area contributed by atoms with Crippen LogP contribution in [0.25, 0.3) is 0 Å². The molecule has 2 rings (SSSR count). The summed E-state index contributed by atoms with van der Waals surface area (Å²) in [7, 11) is 1.41. The van der Waals surface area contributed by atoms with Gasteiger partial charge in [-0.15, -0.1) is 0 Å². The Bertz CT molecular complexity index is 572. The van der Waals surface area contributed by atoms with Crippen LogP contribution in [0.15, 0.2) is 36.5 Å². The summed E-state index contributed by atoms with van der Waals surface area (Å²) in [6.07, 6.45) is 1.26. The SMILES string of the molecule is COc1ccc(C(O)Cc2ncccc2C)cc1F. The van der Waals surface area contributed by atoms with Crippen LogP contribution in [0.5, 0.6) is 5.75 Å². The summed E-state index contributed by atoms with van der Waals surface area (Å²) in [5, 5.41) is 10.1. The van der Waals surface area contributed by atoms with Crippen LogP contribution in [-0.4, -0.2) is 17.2 Å². The molecule has 0 radical (unpaired) electrons. The molecule has 0 aliphatic carbocycles. The highest BCUT2D eigenvalue weighted by Crippen LogP contribution is 2.24. The predicted molar refractivity (Wildman–Crippen MR) is 70.6 cm³/mol. The molecule has 1 aromatic carbocycles. The molecule has 0 aliphatic rings. The minimum atomic E-state index is -0.783. The first-order valence-electron chi connectivity index (χ1n) is 6.04. The molecule has 3 nitrogen and oxygen atoms in total. The largest absolute Gasteiger partial charge is 0.494 e. The molecule has 1 aromatic heterocycles. The number of ether oxygens (including phenoxy) is 1. The Balaban J connectivity index is 2.18. The van der Waals surface area contributed by atoms with Gasteiger partial charge in [-0.2, -0.15) is 0 Å². The number of hydrogen-bond acceptors (Lipinski definition) is 3. The number of methoxy groups -OCH3 is 1. The van der Waals surface area contributed by atoms with Crippen molar-refractivity contribution in [3.63, 3.8) is 0 Å². The fraction of sp³-hybridized carbons (Fsp3) is 0.267. The summed E-state index contributed by atoms with van der Waals surface area (Å²) >= 11 is 0. The van der Waals surface area contributed by atoms with E-state index >= 15 is 0 Å². The van der Waals surface area contributed by atoms with E-state index in [0.29, 0.717) is 12.0 Å². The van der Waals surface area contributed by atoms with E-state index in [1.54, 1.807) is 12.3 Å². The molecule has 1 N–H and O–H groups in total. The summed E-state index contributed by atoms with van der Waals surface area (Å²) in [5.74, 6) is -0.304. The first kappa shape index (κ1) is 13.5. The Morgan fingerprint density at radius 2 is 2.16 bits per heavy atom. The average molecular weight is 261 g/mol. The van der Waals surface area contributed by atoms with Gasteiger partial charge < -0.3 is 9.84 Å². The summed E-state index contributed by atoms with van der Waals surface area (Å²) in [6.45, 7) is 1.93. The molecule has 0 aliphatic heterocycles. The number of aromatic nitrogens is 1. The smallest absolute Gasteiger partial charge is 0.165 e. The Labute approximate surface area is 111 Å². The van der Waals surface area contributed by atoms with Gasteiger partial charge in [0.1, 0.15) is 0 Å². The molecular formula is C15H16FNO2. The van der Waals surface area contributed by atoms with E-state index in [1.165, 1.54) is 19.2 Å². The van der Waals surface area contributed by atoms with Crippen LogP contribution in [-0.2, 0) is 6.42 Å². The maximum Gasteiger partial charge on any atom is 0.165 e. The quantitative estimate of drug-likeness (QED) is 0.920. The van der Waals surface area contributed by atoms with Gasteiger partial charge in [-0.25, -0.2) is 4.39 Å². The maximum absolute atomic E-state index is 13.6. The number of hydrogen-bond donors (Lipinski definition) is 1. The van der Waals surface area contributed by atoms with Crippen LogP contribution in [0.4, 0.5) is 4.39 Å². The fourth-order valence-corrected chi connectivity index (χ4v) is 1.92. The third-order valence-corrected chi connectivity index (χ3v) is 3.07. The second-order valence-corrected chi connectivity index (χ2v) is 4.38. The zero-order valence-corrected chi connectivity index (χ0v) is 10.9. The predicted octanol–water partition coefficient (Wildman–Crippen LogP) is 2.81. The number of aliphatic hydroxyl groups is 1. The lowest BCUT2D eigenvalue weighted by molar-refractivity contribution is 0.176. The second-order valence-electron chi connectivity index (χ2n) is 4.38. The number of aliphatic hydroxyl groups excluding tert-OH is 1. The van der Waals surface area contributed by atoms with Gasteiger partial charge in [0.2, 0.25) is 0 Å². The van der Waals surface area contributed by atoms with Crippen LogP contribution in [0.2, 0.25) is 0 Å². The number of halogens is 1. The van der Waals surface area contributed by atoms with E-state index in [9.17, 15) is 9.50 Å². The van der Waals surface area contributed by atoms with Crippen molar-refractivity contribution in [3.05, 3.63) is 59.2 Å². The maximum atomic E-state index is 13.6. The first-order valence-corrected chi connectivity index (χ1v) is 6.04. The summed E-state index contributed by atoms with van der Waals surface area (Å²) in [5.41, 5.74) is 2.34. The minimum absolute atomic E-state index is 0.171. The lowest BCUT2D eigenvalue weighted by Gasteiger charge is -2.13. The number of rotatable bonds is 4. The van der Waals surface area contributed by atoms with Gasteiger partial charge in [0.25, 0.3) is 0 Å². The van der Waals surface area contributed by atoms with Crippen LogP contribution in [0.3, 0.4) is 0 Å². The van der Waals surface area contributed by atoms with Gasteiger partial charge >= 0.3 is 0 Å². The van der Waals surface area contributed by atoms with Crippen molar-refractivity contribution >= 4 is 0 Å². The van der Waals surface area contributed by atoms with Crippen LogP contribution >= 0.6 is 0 Å². The number of aryl methyl sites for hydroxylation is 1. The zero-order valence-electron chi connectivity index (χ0n) is 10.9. The molecule has 0 saturated carbocycles. The molecule has 0 amide bonds. The van der Waals surface area contributed by atoms with Gasteiger partial charge in [0.05, 0.1) is 13.2 Å². The van der Waals surface area contributed by atoms with Crippen LogP contribution in [0.1, 0.15) is 22.9 Å². The Morgan fingerprint density at radius 1 is 1.37 bits per heavy atom. The number of benzene rings is 1. The van der Waals surface area contributed by atoms with Gasteiger partial charge in [-0.3, -0.25) is 4.98 Å². The Morgan fingerprint density at radius 3 is 2.79 bits per heavy atom. The van der Waals surface area contributed by atoms with Crippen molar-refractivity contribution in [3.8, 4) is 5.75 Å². The molecule has 0 spiro atoms. The first-order chi connectivity index (χ1) is 9.11. The second kappa shape index (κ2) is 5.80. The van der Waals surface area contributed by atoms with Crippen LogP contribution < -0.4 is 4.74 Å². The minimum Gasteiger partial charge on any atom is -0.494 e. The molecule has 0 fully saturated rings. The molecule has 2 aromatic rings. The summed E-state index contributed by atoms with van der Waals surface area (Å²) in [4.78, 5) is 4.22. The van der Waals surface area contributed by atoms with E-state index in [-0.39, 0.29) is 5.75 Å². The van der Waals surface area contributed by atoms with Gasteiger partial charge in [0, 0.05) is 18.3 Å². The number of pyridine rings is 1. The van der Waals surface area contributed by atoms with Gasteiger partial charge in [-0.1, -0.05) is 12.1 Å². The molecule has 0 saturated heterocycles. The van der Waals surface area contributed by atoms with Gasteiger partial charge in [-0.05, 0) is 36.2 Å². The average Bonchev–Trinajstić information content (AvgIpc) is 2.41. The summed E-state index contributed by atoms with van der Waals surface area (Å²) < 4.78 is 18.4. The third-order valence-electron chi connectivity index (χ3n) is 3.07. The van der Waals surface area contributed by atoms with Crippen molar-refractivity contribution in [1.82, 2.24) is 4.98 Å². The van der Waals surface area contributed by atoms with Crippen LogP contribution in [0, 0.1) is 12.7 Å². The van der Waals surface area contributed by atoms with E-state index in [0.717, 1.165) is 11.3 Å². The highest BCUT2D eigenvalue weighted by Gasteiger charge is 2.13. The van der Waals surface area contributed by atoms with E-state index in [1.807, 2.05) is 19.1 Å². The standard InChI is InChI=1S/C15H16FNO2/c1-10-4-3-7-17-13(10)9-14(18)11-5-6-15(19-2)12(16)8-11/h3-8,14,18H,9H2,1-2H3. The lowest BCUT2D eigenvalue weighted by atomic mass is 10.0. The molecule has 1 atom stereocenters. The van der Waals surface area contributed by atoms with Gasteiger partial charge in [0.15, 0.2) is 11.6 Å². The highest BCUT2D eigenvalue weighted by molar-refractivity contribution is 5.31. The van der Waals surface area contributed by atoms with E-state index < -0.39 is 11.9 Å². The third kappa shape index (κ3) is 3.09. The lowest BCUT2D eigenvalue weighted by Crippen LogP contribution is -2.05. The summed E-state index contributed by atoms with van der Waals surface area (Å²) in [6, 6.07) is 8.24. The Kier molecular flexibility index (Phi) is 4.12. The molecular weight excluding hydrogens is 245 g/mol. The van der Waals surface area contributed by atoms with E-state index in [2.05, 4.69) is 4.98 Å². The van der Waals surface area contributed by atoms with Crippen molar-refractivity contribution in [1.29, 1.82) is 0 Å². The molecule has 1 unspecified atom stereocenters. The molecule has 4 heteroatoms. The Hall–Kier alpha value is -1.94. The molecule has 0 bridgehead atoms. The van der Waals surface area contributed by atoms with E-state index in [4.69, 9.17) is 4.74 Å². The van der Waals surface area contributed by atoms with Crippen molar-refractivity contribution in [2.45, 2.75) is 19.4 Å². The van der Waals surface area contributed by atoms with Crippen molar-refractivity contribution < 1.29 is 14.2 Å². The normalized spacial score (nSPS) is 12.2. The monoisotopic (exact) mass is 261 g/mol. The fourth-order valence-electron chi connectivity index (χ4n) is 1.92. The molecule has 100 valence electrons. The topological polar surface area (TPSA) is 42.4 Å². The zero-order chi connectivity index (χ0) is 13.8.